The number of carbonyl (C=O) groups is 1. The van der Waals surface area contributed by atoms with Crippen LogP contribution in [0.1, 0.15) is 23.5 Å². The number of thiophene rings is 1. The van der Waals surface area contributed by atoms with Gasteiger partial charge in [-0.05, 0) is 25.6 Å². The molecule has 7 heteroatoms. The first-order chi connectivity index (χ1) is 8.24. The average molecular weight is 300 g/mol. The quantitative estimate of drug-likeness (QED) is 0.770. The molecule has 102 valence electrons. The zero-order valence-corrected chi connectivity index (χ0v) is 11.5. The highest BCUT2D eigenvalue weighted by molar-refractivity contribution is 7.18. The summed E-state index contributed by atoms with van der Waals surface area (Å²) in [6, 6.07) is 2.28. The van der Waals surface area contributed by atoms with Gasteiger partial charge in [0.1, 0.15) is 0 Å². The van der Waals surface area contributed by atoms with Crippen LogP contribution in [-0.4, -0.2) is 36.0 Å². The molecule has 0 aliphatic heterocycles. The van der Waals surface area contributed by atoms with Gasteiger partial charge in [0.25, 0.3) is 0 Å². The van der Waals surface area contributed by atoms with Crippen LogP contribution in [0.25, 0.3) is 0 Å². The molecule has 0 amide bonds. The molecule has 1 heterocycles. The second-order valence-electron chi connectivity index (χ2n) is 3.82. The van der Waals surface area contributed by atoms with E-state index in [1.54, 1.807) is 13.0 Å². The van der Waals surface area contributed by atoms with Gasteiger partial charge in [0.05, 0.1) is 21.8 Å². The van der Waals surface area contributed by atoms with E-state index in [0.717, 1.165) is 16.2 Å². The lowest BCUT2D eigenvalue weighted by molar-refractivity contribution is -0.147. The van der Waals surface area contributed by atoms with Crippen LogP contribution >= 0.6 is 22.9 Å². The lowest BCUT2D eigenvalue weighted by Crippen LogP contribution is -2.44. The average Bonchev–Trinajstić information content (AvgIpc) is 2.69. The SMILES string of the molecule is CCN(CC(F)(F)F)C(C)C(=O)c1ccc(Cl)s1. The fraction of sp³-hybridized carbons (Fsp3) is 0.545. The molecule has 1 aromatic heterocycles. The summed E-state index contributed by atoms with van der Waals surface area (Å²) in [4.78, 5) is 13.5. The van der Waals surface area contributed by atoms with Crippen molar-refractivity contribution in [3.8, 4) is 0 Å². The van der Waals surface area contributed by atoms with E-state index in [1.165, 1.54) is 13.0 Å². The van der Waals surface area contributed by atoms with Crippen LogP contribution in [0.15, 0.2) is 12.1 Å². The van der Waals surface area contributed by atoms with Gasteiger partial charge < -0.3 is 0 Å². The lowest BCUT2D eigenvalue weighted by atomic mass is 10.1. The van der Waals surface area contributed by atoms with Gasteiger partial charge in [-0.1, -0.05) is 18.5 Å². The third-order valence-electron chi connectivity index (χ3n) is 2.53. The van der Waals surface area contributed by atoms with Crippen LogP contribution in [0, 0.1) is 0 Å². The number of alkyl halides is 3. The summed E-state index contributed by atoms with van der Waals surface area (Å²) in [7, 11) is 0. The summed E-state index contributed by atoms with van der Waals surface area (Å²) < 4.78 is 37.5. The van der Waals surface area contributed by atoms with Crippen LogP contribution in [0.4, 0.5) is 13.2 Å². The monoisotopic (exact) mass is 299 g/mol. The first-order valence-electron chi connectivity index (χ1n) is 5.35. The molecular formula is C11H13ClF3NOS. The zero-order chi connectivity index (χ0) is 13.9. The molecule has 1 rings (SSSR count). The molecule has 0 radical (unpaired) electrons. The van der Waals surface area contributed by atoms with Gasteiger partial charge in [0, 0.05) is 0 Å². The fourth-order valence-electron chi connectivity index (χ4n) is 1.57. The zero-order valence-electron chi connectivity index (χ0n) is 9.92. The van der Waals surface area contributed by atoms with Crippen molar-refractivity contribution in [2.45, 2.75) is 26.1 Å². The summed E-state index contributed by atoms with van der Waals surface area (Å²) in [5.41, 5.74) is 0. The van der Waals surface area contributed by atoms with Crippen molar-refractivity contribution in [2.75, 3.05) is 13.1 Å². The predicted octanol–water partition coefficient (Wildman–Crippen LogP) is 3.86. The number of rotatable bonds is 5. The number of halogens is 4. The number of hydrogen-bond donors (Lipinski definition) is 0. The molecule has 0 saturated carbocycles. The van der Waals surface area contributed by atoms with Crippen molar-refractivity contribution in [1.82, 2.24) is 4.90 Å². The van der Waals surface area contributed by atoms with Gasteiger partial charge in [-0.2, -0.15) is 13.2 Å². The number of likely N-dealkylation sites (N-methyl/N-ethyl adjacent to an activating group) is 1. The van der Waals surface area contributed by atoms with Gasteiger partial charge >= 0.3 is 6.18 Å². The van der Waals surface area contributed by atoms with Crippen LogP contribution in [0.3, 0.4) is 0 Å². The fourth-order valence-corrected chi connectivity index (χ4v) is 2.64. The van der Waals surface area contributed by atoms with E-state index in [9.17, 15) is 18.0 Å². The molecule has 0 N–H and O–H groups in total. The minimum absolute atomic E-state index is 0.158. The molecule has 0 aliphatic carbocycles. The van der Waals surface area contributed by atoms with E-state index in [1.807, 2.05) is 0 Å². The normalized spacial score (nSPS) is 13.9. The van der Waals surface area contributed by atoms with E-state index in [4.69, 9.17) is 11.6 Å². The first-order valence-corrected chi connectivity index (χ1v) is 6.54. The number of Topliss-reactive ketones (excluding diaryl/α,β-unsaturated/α-hetero) is 1. The molecule has 0 aromatic carbocycles. The third kappa shape index (κ3) is 4.26. The molecule has 0 bridgehead atoms. The Morgan fingerprint density at radius 3 is 2.50 bits per heavy atom. The van der Waals surface area contributed by atoms with Gasteiger partial charge in [-0.25, -0.2) is 0 Å². The number of ketones is 1. The number of hydrogen-bond acceptors (Lipinski definition) is 3. The third-order valence-corrected chi connectivity index (χ3v) is 3.78. The Balaban J connectivity index is 2.78. The standard InChI is InChI=1S/C11H13ClF3NOS/c1-3-16(6-11(13,14)15)7(2)10(17)8-4-5-9(12)18-8/h4-5,7H,3,6H2,1-2H3. The van der Waals surface area contributed by atoms with Crippen LogP contribution in [-0.2, 0) is 0 Å². The minimum atomic E-state index is -4.31. The maximum atomic E-state index is 12.4. The van der Waals surface area contributed by atoms with Crippen molar-refractivity contribution in [3.63, 3.8) is 0 Å². The maximum Gasteiger partial charge on any atom is 0.401 e. The Kier molecular flexibility index (Phi) is 5.19. The molecule has 1 atom stereocenters. The Morgan fingerprint density at radius 1 is 1.50 bits per heavy atom. The van der Waals surface area contributed by atoms with Gasteiger partial charge in [0.15, 0.2) is 5.78 Å². The largest absolute Gasteiger partial charge is 0.401 e. The summed E-state index contributed by atoms with van der Waals surface area (Å²) in [5.74, 6) is -0.335. The topological polar surface area (TPSA) is 20.3 Å². The number of carbonyl (C=O) groups excluding carboxylic acids is 1. The molecule has 0 saturated heterocycles. The lowest BCUT2D eigenvalue weighted by Gasteiger charge is -2.27. The summed E-state index contributed by atoms with van der Waals surface area (Å²) >= 11 is 6.78. The van der Waals surface area contributed by atoms with E-state index in [2.05, 4.69) is 0 Å². The summed E-state index contributed by atoms with van der Waals surface area (Å²) in [6.07, 6.45) is -4.31. The maximum absolute atomic E-state index is 12.4. The Bertz CT molecular complexity index is 419. The molecule has 18 heavy (non-hydrogen) atoms. The Labute approximate surface area is 112 Å². The van der Waals surface area contributed by atoms with E-state index < -0.39 is 18.8 Å². The van der Waals surface area contributed by atoms with Crippen molar-refractivity contribution in [2.24, 2.45) is 0 Å². The van der Waals surface area contributed by atoms with Crippen LogP contribution in [0.5, 0.6) is 0 Å². The molecule has 1 unspecified atom stereocenters. The highest BCUT2D eigenvalue weighted by Gasteiger charge is 2.34. The van der Waals surface area contributed by atoms with E-state index >= 15 is 0 Å². The van der Waals surface area contributed by atoms with Crippen LogP contribution < -0.4 is 0 Å². The highest BCUT2D eigenvalue weighted by atomic mass is 35.5. The van der Waals surface area contributed by atoms with Gasteiger partial charge in [-0.3, -0.25) is 9.69 Å². The number of nitrogens with zero attached hydrogens (tertiary/aromatic N) is 1. The summed E-state index contributed by atoms with van der Waals surface area (Å²) in [5, 5.41) is 0. The molecule has 0 spiro atoms. The van der Waals surface area contributed by atoms with Crippen molar-refractivity contribution < 1.29 is 18.0 Å². The van der Waals surface area contributed by atoms with Crippen molar-refractivity contribution in [3.05, 3.63) is 21.3 Å². The predicted molar refractivity (Wildman–Crippen MR) is 66.4 cm³/mol. The van der Waals surface area contributed by atoms with E-state index in [-0.39, 0.29) is 12.3 Å². The molecule has 2 nitrogen and oxygen atoms in total. The first kappa shape index (κ1) is 15.5. The van der Waals surface area contributed by atoms with Gasteiger partial charge in [-0.15, -0.1) is 11.3 Å². The molecule has 0 fully saturated rings. The van der Waals surface area contributed by atoms with E-state index in [0.29, 0.717) is 9.21 Å². The van der Waals surface area contributed by atoms with Crippen molar-refractivity contribution in [1.29, 1.82) is 0 Å². The second kappa shape index (κ2) is 6.04. The minimum Gasteiger partial charge on any atom is -0.291 e. The molecule has 1 aromatic rings. The highest BCUT2D eigenvalue weighted by Crippen LogP contribution is 2.25. The smallest absolute Gasteiger partial charge is 0.291 e. The Morgan fingerprint density at radius 2 is 2.11 bits per heavy atom. The van der Waals surface area contributed by atoms with Gasteiger partial charge in [0.2, 0.25) is 0 Å². The second-order valence-corrected chi connectivity index (χ2v) is 5.54. The van der Waals surface area contributed by atoms with Crippen molar-refractivity contribution >= 4 is 28.7 Å². The molecule has 0 aliphatic rings. The van der Waals surface area contributed by atoms with Crippen LogP contribution in [0.2, 0.25) is 4.34 Å². The summed E-state index contributed by atoms with van der Waals surface area (Å²) in [6.45, 7) is 2.14. The Hall–Kier alpha value is -0.590. The molecular weight excluding hydrogens is 287 g/mol.